The normalized spacial score (nSPS) is 21.0. The number of piperidine rings is 1. The van der Waals surface area contributed by atoms with Crippen LogP contribution in [0.1, 0.15) is 12.0 Å². The monoisotopic (exact) mass is 607 g/mol. The Balaban J connectivity index is 1.10. The molecule has 2 N–H and O–H groups in total. The molecule has 3 aliphatic heterocycles. The molecule has 13 nitrogen and oxygen atoms in total. The molecule has 0 aliphatic carbocycles. The van der Waals surface area contributed by atoms with Gasteiger partial charge in [0, 0.05) is 50.8 Å². The summed E-state index contributed by atoms with van der Waals surface area (Å²) in [5.74, 6) is -0.0973. The highest BCUT2D eigenvalue weighted by Crippen LogP contribution is 2.29. The van der Waals surface area contributed by atoms with Gasteiger partial charge in [-0.1, -0.05) is 0 Å². The van der Waals surface area contributed by atoms with Crippen molar-refractivity contribution in [1.82, 2.24) is 29.7 Å². The third-order valence-electron chi connectivity index (χ3n) is 8.01. The minimum atomic E-state index is -1.48. The Kier molecular flexibility index (Phi) is 8.73. The number of benzene rings is 1. The van der Waals surface area contributed by atoms with Crippen LogP contribution < -0.4 is 15.0 Å². The maximum absolute atomic E-state index is 15.1. The number of hydrogen-bond donors (Lipinski definition) is 2. The number of rotatable bonds is 8. The van der Waals surface area contributed by atoms with Gasteiger partial charge in [-0.3, -0.25) is 9.69 Å². The first kappa shape index (κ1) is 29.5. The number of nitrogens with zero attached hydrogens (tertiary/aromatic N) is 8. The number of nitrogens with one attached hydrogen (secondary N) is 1. The van der Waals surface area contributed by atoms with Crippen LogP contribution in [0.15, 0.2) is 36.8 Å². The fourth-order valence-corrected chi connectivity index (χ4v) is 5.45. The number of anilines is 3. The number of alkyl halides is 1. The number of pyridine rings is 1. The molecule has 3 aliphatic rings. The van der Waals surface area contributed by atoms with Crippen molar-refractivity contribution < 1.29 is 28.2 Å². The SMILES string of the molecule is N#Cc1cc(-c2ncnc(Nc3cnc(N4CCN(C5COC5)CC4)c(F)c3)n2)ccc1OC1CCN(C(=O)CO)C[C@H]1F. The lowest BCUT2D eigenvalue weighted by atomic mass is 10.0. The molecule has 0 spiro atoms. The van der Waals surface area contributed by atoms with E-state index < -0.39 is 30.6 Å². The second kappa shape index (κ2) is 13.0. The minimum absolute atomic E-state index is 0.155. The Morgan fingerprint density at radius 1 is 1.16 bits per heavy atom. The topological polar surface area (TPSA) is 153 Å². The average molecular weight is 608 g/mol. The Labute approximate surface area is 252 Å². The van der Waals surface area contributed by atoms with E-state index in [1.54, 1.807) is 12.1 Å². The Bertz CT molecular complexity index is 1550. The van der Waals surface area contributed by atoms with Gasteiger partial charge in [0.1, 0.15) is 30.9 Å². The summed E-state index contributed by atoms with van der Waals surface area (Å²) in [6.07, 6.45) is 0.702. The van der Waals surface area contributed by atoms with Crippen molar-refractivity contribution in [3.05, 3.63) is 48.2 Å². The molecule has 3 fully saturated rings. The summed E-state index contributed by atoms with van der Waals surface area (Å²) in [5, 5.41) is 21.7. The molecule has 2 aromatic heterocycles. The smallest absolute Gasteiger partial charge is 0.248 e. The molecule has 0 radical (unpaired) electrons. The highest BCUT2D eigenvalue weighted by molar-refractivity contribution is 5.77. The van der Waals surface area contributed by atoms with Crippen LogP contribution in [0.4, 0.5) is 26.2 Å². The molecule has 5 heterocycles. The zero-order valence-electron chi connectivity index (χ0n) is 23.8. The molecule has 1 amide bonds. The summed E-state index contributed by atoms with van der Waals surface area (Å²) < 4.78 is 40.9. The minimum Gasteiger partial charge on any atom is -0.486 e. The van der Waals surface area contributed by atoms with E-state index in [-0.39, 0.29) is 42.6 Å². The quantitative estimate of drug-likeness (QED) is 0.382. The highest BCUT2D eigenvalue weighted by atomic mass is 19.1. The molecule has 1 aromatic carbocycles. The van der Waals surface area contributed by atoms with E-state index in [0.29, 0.717) is 36.2 Å². The summed E-state index contributed by atoms with van der Waals surface area (Å²) in [6.45, 7) is 3.88. The number of likely N-dealkylation sites (tertiary alicyclic amines) is 1. The summed E-state index contributed by atoms with van der Waals surface area (Å²) in [5.41, 5.74) is 1.01. The predicted octanol–water partition coefficient (Wildman–Crippen LogP) is 1.52. The third-order valence-corrected chi connectivity index (χ3v) is 8.01. The second-order valence-electron chi connectivity index (χ2n) is 10.8. The number of aliphatic hydroxyl groups excluding tert-OH is 1. The van der Waals surface area contributed by atoms with Crippen molar-refractivity contribution in [2.75, 3.05) is 69.3 Å². The van der Waals surface area contributed by atoms with Crippen LogP contribution in [0.5, 0.6) is 5.75 Å². The van der Waals surface area contributed by atoms with Crippen LogP contribution in [0.3, 0.4) is 0 Å². The highest BCUT2D eigenvalue weighted by Gasteiger charge is 2.33. The van der Waals surface area contributed by atoms with Gasteiger partial charge in [0.2, 0.25) is 11.9 Å². The largest absolute Gasteiger partial charge is 0.486 e. The van der Waals surface area contributed by atoms with Gasteiger partial charge < -0.3 is 29.7 Å². The molecule has 15 heteroatoms. The van der Waals surface area contributed by atoms with Crippen molar-refractivity contribution in [3.63, 3.8) is 0 Å². The number of aliphatic hydroxyl groups is 1. The van der Waals surface area contributed by atoms with Gasteiger partial charge >= 0.3 is 0 Å². The maximum atomic E-state index is 15.1. The molecule has 6 rings (SSSR count). The Hall–Kier alpha value is -4.52. The molecule has 3 aromatic rings. The van der Waals surface area contributed by atoms with Crippen molar-refractivity contribution in [2.45, 2.75) is 24.7 Å². The maximum Gasteiger partial charge on any atom is 0.248 e. The first-order valence-electron chi connectivity index (χ1n) is 14.3. The molecule has 44 heavy (non-hydrogen) atoms. The van der Waals surface area contributed by atoms with E-state index in [0.717, 1.165) is 26.3 Å². The zero-order chi connectivity index (χ0) is 30.6. The lowest BCUT2D eigenvalue weighted by Gasteiger charge is -2.42. The lowest BCUT2D eigenvalue weighted by Crippen LogP contribution is -2.56. The predicted molar refractivity (Wildman–Crippen MR) is 153 cm³/mol. The van der Waals surface area contributed by atoms with Crippen LogP contribution in [0.25, 0.3) is 11.4 Å². The van der Waals surface area contributed by atoms with E-state index in [1.165, 1.54) is 29.6 Å². The fourth-order valence-electron chi connectivity index (χ4n) is 5.45. The van der Waals surface area contributed by atoms with E-state index in [2.05, 4.69) is 36.2 Å². The first-order valence-corrected chi connectivity index (χ1v) is 14.3. The zero-order valence-corrected chi connectivity index (χ0v) is 23.8. The number of carbonyl (C=O) groups is 1. The molecule has 2 atom stereocenters. The van der Waals surface area contributed by atoms with Crippen LogP contribution in [0, 0.1) is 17.1 Å². The van der Waals surface area contributed by atoms with Crippen molar-refractivity contribution in [1.29, 1.82) is 5.26 Å². The first-order chi connectivity index (χ1) is 21.4. The summed E-state index contributed by atoms with van der Waals surface area (Å²) >= 11 is 0. The summed E-state index contributed by atoms with van der Waals surface area (Å²) in [6, 6.07) is 8.57. The van der Waals surface area contributed by atoms with Gasteiger partial charge in [-0.15, -0.1) is 0 Å². The average Bonchev–Trinajstić information content (AvgIpc) is 3.01. The molecule has 0 saturated carbocycles. The van der Waals surface area contributed by atoms with Crippen molar-refractivity contribution in [3.8, 4) is 23.2 Å². The molecule has 0 bridgehead atoms. The van der Waals surface area contributed by atoms with Crippen LogP contribution in [-0.2, 0) is 9.53 Å². The van der Waals surface area contributed by atoms with E-state index in [9.17, 15) is 14.4 Å². The standard InChI is InChI=1S/C29H31F2N9O4/c30-22-10-20(12-33-28(22)39-7-5-38(6-8-39)21-15-43-16-21)36-29-35-17-34-27(37-29)18-1-2-24(19(9-18)11-32)44-25-3-4-40(13-23(25)31)26(42)14-41/h1-2,9-10,12,17,21,23,25,41H,3-8,13-16H2,(H,34,35,36,37)/t23-,25?/m1/s1. The number of hydrogen-bond acceptors (Lipinski definition) is 12. The van der Waals surface area contributed by atoms with E-state index >= 15 is 4.39 Å². The Morgan fingerprint density at radius 2 is 1.98 bits per heavy atom. The summed E-state index contributed by atoms with van der Waals surface area (Å²) in [7, 11) is 0. The van der Waals surface area contributed by atoms with Crippen molar-refractivity contribution >= 4 is 23.4 Å². The van der Waals surface area contributed by atoms with Gasteiger partial charge in [-0.05, 0) is 18.2 Å². The number of aromatic nitrogens is 4. The molecule has 1 unspecified atom stereocenters. The van der Waals surface area contributed by atoms with Gasteiger partial charge in [0.25, 0.3) is 0 Å². The lowest BCUT2D eigenvalue weighted by molar-refractivity contribution is -0.138. The number of nitriles is 1. The molecule has 230 valence electrons. The molecule has 3 saturated heterocycles. The summed E-state index contributed by atoms with van der Waals surface area (Å²) in [4.78, 5) is 34.3. The van der Waals surface area contributed by atoms with Crippen LogP contribution >= 0.6 is 0 Å². The molecular weight excluding hydrogens is 576 g/mol. The van der Waals surface area contributed by atoms with Gasteiger partial charge in [0.05, 0.1) is 43.2 Å². The fraction of sp³-hybridized carbons (Fsp3) is 0.448. The third kappa shape index (κ3) is 6.37. The van der Waals surface area contributed by atoms with Gasteiger partial charge in [-0.25, -0.2) is 23.7 Å². The van der Waals surface area contributed by atoms with E-state index in [1.807, 2.05) is 4.90 Å². The number of amides is 1. The van der Waals surface area contributed by atoms with Crippen LogP contribution in [0.2, 0.25) is 0 Å². The van der Waals surface area contributed by atoms with Gasteiger partial charge in [0.15, 0.2) is 23.6 Å². The second-order valence-corrected chi connectivity index (χ2v) is 10.8. The van der Waals surface area contributed by atoms with Gasteiger partial charge in [-0.2, -0.15) is 10.2 Å². The van der Waals surface area contributed by atoms with Crippen molar-refractivity contribution in [2.24, 2.45) is 0 Å². The molecular formula is C29H31F2N9O4. The number of carbonyl (C=O) groups excluding carboxylic acids is 1. The van der Waals surface area contributed by atoms with Crippen LogP contribution in [-0.4, -0.2) is 118 Å². The Morgan fingerprint density at radius 3 is 2.66 bits per heavy atom. The number of piperazine rings is 1. The number of halogens is 2. The van der Waals surface area contributed by atoms with E-state index in [4.69, 9.17) is 14.6 Å². The number of ether oxygens (including phenoxy) is 2.